The van der Waals surface area contributed by atoms with Crippen LogP contribution in [0.5, 0.6) is 5.75 Å². The highest BCUT2D eigenvalue weighted by molar-refractivity contribution is 5.97. The molecule has 6 amide bonds. The van der Waals surface area contributed by atoms with Gasteiger partial charge in [0.2, 0.25) is 35.4 Å². The number of benzene rings is 1. The summed E-state index contributed by atoms with van der Waals surface area (Å²) in [5, 5.41) is 23.6. The van der Waals surface area contributed by atoms with Gasteiger partial charge in [0.25, 0.3) is 0 Å². The number of aldehydes is 1. The van der Waals surface area contributed by atoms with Crippen LogP contribution in [0.3, 0.4) is 0 Å². The second-order valence-corrected chi connectivity index (χ2v) is 15.6. The molecule has 7 atom stereocenters. The van der Waals surface area contributed by atoms with Crippen LogP contribution in [-0.4, -0.2) is 120 Å². The third kappa shape index (κ3) is 17.5. The van der Waals surface area contributed by atoms with Crippen molar-refractivity contribution < 1.29 is 38.7 Å². The molecule has 1 aromatic rings. The van der Waals surface area contributed by atoms with Crippen LogP contribution in [0, 0.1) is 11.8 Å². The van der Waals surface area contributed by atoms with E-state index in [2.05, 4.69) is 36.6 Å². The molecule has 0 saturated carbocycles. The predicted molar refractivity (Wildman–Crippen MR) is 227 cm³/mol. The maximum Gasteiger partial charge on any atom is 0.245 e. The van der Waals surface area contributed by atoms with E-state index in [1.54, 1.807) is 19.1 Å². The molecule has 0 aliphatic carbocycles. The number of phenolic OH excluding ortho intramolecular Hbond substituents is 1. The second kappa shape index (κ2) is 25.5. The first kappa shape index (κ1) is 50.2. The average molecular weight is 843 g/mol. The Morgan fingerprint density at radius 2 is 1.40 bits per heavy atom. The quantitative estimate of drug-likeness (QED) is 0.0240. The normalized spacial score (nSPS) is 16.5. The molecular formula is C40H66N12O8. The van der Waals surface area contributed by atoms with Gasteiger partial charge in [-0.1, -0.05) is 46.2 Å². The number of phenols is 1. The minimum atomic E-state index is -1.23. The van der Waals surface area contributed by atoms with E-state index in [0.29, 0.717) is 37.5 Å². The summed E-state index contributed by atoms with van der Waals surface area (Å²) in [6.07, 6.45) is 3.10. The number of carbonyl (C=O) groups is 7. The third-order valence-corrected chi connectivity index (χ3v) is 10.1. The molecule has 1 heterocycles. The number of guanidine groups is 2. The monoisotopic (exact) mass is 843 g/mol. The minimum absolute atomic E-state index is 0.00202. The van der Waals surface area contributed by atoms with E-state index >= 15 is 0 Å². The molecule has 20 heteroatoms. The second-order valence-electron chi connectivity index (χ2n) is 15.6. The van der Waals surface area contributed by atoms with Crippen LogP contribution in [-0.2, 0) is 40.0 Å². The van der Waals surface area contributed by atoms with Gasteiger partial charge in [-0.25, -0.2) is 0 Å². The SMILES string of the molecule is CC[C@H](C)[C@H](NC(=O)[C@H](Cc1ccc(O)cc1)NC(=O)[C@@H]1CCCN1C(=O)[C@H](CCCN=C(N)N)NC(=O)[C@H](CCCN=C(N)N)NC(C)=O)C(=O)N[C@H](C=O)CC(C)C. The number of likely N-dealkylation sites (tertiary alicyclic amines) is 1. The van der Waals surface area contributed by atoms with Gasteiger partial charge in [0.15, 0.2) is 11.9 Å². The molecule has 0 aromatic heterocycles. The molecule has 0 spiro atoms. The van der Waals surface area contributed by atoms with Gasteiger partial charge in [-0.3, -0.25) is 38.8 Å². The van der Waals surface area contributed by atoms with Crippen molar-refractivity contribution in [1.29, 1.82) is 0 Å². The summed E-state index contributed by atoms with van der Waals surface area (Å²) in [6.45, 7) is 9.26. The average Bonchev–Trinajstić information content (AvgIpc) is 3.68. The lowest BCUT2D eigenvalue weighted by Gasteiger charge is -2.31. The van der Waals surface area contributed by atoms with Crippen molar-refractivity contribution in [1.82, 2.24) is 31.5 Å². The Labute approximate surface area is 351 Å². The van der Waals surface area contributed by atoms with E-state index in [0.717, 1.165) is 0 Å². The fraction of sp³-hybridized carbons (Fsp3) is 0.625. The van der Waals surface area contributed by atoms with Crippen LogP contribution in [0.4, 0.5) is 0 Å². The first-order valence-corrected chi connectivity index (χ1v) is 20.5. The number of aliphatic imine (C=N–C) groups is 2. The number of hydrogen-bond donors (Lipinski definition) is 10. The summed E-state index contributed by atoms with van der Waals surface area (Å²) in [6, 6.07) is -0.173. The molecule has 1 fully saturated rings. The van der Waals surface area contributed by atoms with Gasteiger partial charge in [-0.2, -0.15) is 0 Å². The van der Waals surface area contributed by atoms with Crippen molar-refractivity contribution in [2.75, 3.05) is 19.6 Å². The molecule has 1 saturated heterocycles. The highest BCUT2D eigenvalue weighted by atomic mass is 16.3. The maximum absolute atomic E-state index is 14.3. The van der Waals surface area contributed by atoms with Crippen molar-refractivity contribution in [2.24, 2.45) is 44.8 Å². The van der Waals surface area contributed by atoms with E-state index < -0.39 is 71.7 Å². The van der Waals surface area contributed by atoms with Crippen LogP contribution in [0.15, 0.2) is 34.3 Å². The Morgan fingerprint density at radius 1 is 0.817 bits per heavy atom. The molecule has 14 N–H and O–H groups in total. The number of aromatic hydroxyl groups is 1. The summed E-state index contributed by atoms with van der Waals surface area (Å²) in [4.78, 5) is 103. The van der Waals surface area contributed by atoms with E-state index in [9.17, 15) is 38.7 Å². The summed E-state index contributed by atoms with van der Waals surface area (Å²) in [5.74, 6) is -4.02. The molecule has 0 bridgehead atoms. The Balaban J connectivity index is 2.40. The Hall–Kier alpha value is -5.95. The highest BCUT2D eigenvalue weighted by Gasteiger charge is 2.40. The van der Waals surface area contributed by atoms with Gasteiger partial charge in [0.05, 0.1) is 6.04 Å². The Morgan fingerprint density at radius 3 is 1.93 bits per heavy atom. The molecule has 0 radical (unpaired) electrons. The van der Waals surface area contributed by atoms with Crippen LogP contribution >= 0.6 is 0 Å². The van der Waals surface area contributed by atoms with Crippen LogP contribution < -0.4 is 49.5 Å². The molecule has 60 heavy (non-hydrogen) atoms. The van der Waals surface area contributed by atoms with Gasteiger partial charge in [-0.15, -0.1) is 0 Å². The van der Waals surface area contributed by atoms with Gasteiger partial charge in [-0.05, 0) is 74.5 Å². The van der Waals surface area contributed by atoms with E-state index in [-0.39, 0.29) is 81.2 Å². The zero-order valence-corrected chi connectivity index (χ0v) is 35.4. The van der Waals surface area contributed by atoms with E-state index in [4.69, 9.17) is 22.9 Å². The molecule has 0 unspecified atom stereocenters. The topological polar surface area (TPSA) is 332 Å². The lowest BCUT2D eigenvalue weighted by atomic mass is 9.96. The number of rotatable bonds is 25. The fourth-order valence-electron chi connectivity index (χ4n) is 6.78. The summed E-state index contributed by atoms with van der Waals surface area (Å²) in [5.41, 5.74) is 22.4. The zero-order chi connectivity index (χ0) is 44.9. The number of carbonyl (C=O) groups excluding carboxylic acids is 7. The molecule has 334 valence electrons. The van der Waals surface area contributed by atoms with Crippen LogP contribution in [0.25, 0.3) is 0 Å². The zero-order valence-electron chi connectivity index (χ0n) is 35.4. The predicted octanol–water partition coefficient (Wildman–Crippen LogP) is -1.23. The number of amides is 6. The lowest BCUT2D eigenvalue weighted by Crippen LogP contribution is -2.60. The summed E-state index contributed by atoms with van der Waals surface area (Å²) < 4.78 is 0. The number of nitrogens with zero attached hydrogens (tertiary/aromatic N) is 3. The van der Waals surface area contributed by atoms with Gasteiger partial charge in [0, 0.05) is 33.0 Å². The highest BCUT2D eigenvalue weighted by Crippen LogP contribution is 2.21. The molecule has 1 aliphatic heterocycles. The van der Waals surface area contributed by atoms with Crippen LogP contribution in [0.1, 0.15) is 91.5 Å². The smallest absolute Gasteiger partial charge is 0.245 e. The fourth-order valence-corrected chi connectivity index (χ4v) is 6.78. The Kier molecular flexibility index (Phi) is 21.3. The number of nitrogens with one attached hydrogen (secondary N) is 5. The van der Waals surface area contributed by atoms with E-state index in [1.165, 1.54) is 24.0 Å². The number of hydrogen-bond acceptors (Lipinski definition) is 10. The Bertz CT molecular complexity index is 1660. The summed E-state index contributed by atoms with van der Waals surface area (Å²) in [7, 11) is 0. The van der Waals surface area contributed by atoms with Crippen molar-refractivity contribution in [3.8, 4) is 5.75 Å². The first-order valence-electron chi connectivity index (χ1n) is 20.5. The first-order chi connectivity index (χ1) is 28.4. The molecule has 2 rings (SSSR count). The van der Waals surface area contributed by atoms with Crippen LogP contribution in [0.2, 0.25) is 0 Å². The third-order valence-electron chi connectivity index (χ3n) is 10.1. The molecule has 20 nitrogen and oxygen atoms in total. The van der Waals surface area contributed by atoms with Gasteiger partial charge < -0.3 is 64.3 Å². The maximum atomic E-state index is 14.3. The van der Waals surface area contributed by atoms with Crippen molar-refractivity contribution in [2.45, 2.75) is 129 Å². The standard InChI is InChI=1S/C40H66N12O8/c1-6-24(4)33(37(59)48-27(22-53)20-23(2)3)51-35(57)31(21-26-13-15-28(55)16-14-26)50-36(58)32-12-9-19-52(32)38(60)30(11-8-18-46-40(43)44)49-34(56)29(47-25(5)54)10-7-17-45-39(41)42/h13-16,22-24,27,29-33,55H,6-12,17-21H2,1-5H3,(H,47,54)(H,48,59)(H,49,56)(H,50,58)(H,51,57)(H4,41,42,45)(H4,43,44,46)/t24-,27-,29-,30-,31-,32-,33-/m0/s1. The molecule has 1 aliphatic rings. The van der Waals surface area contributed by atoms with Gasteiger partial charge in [0.1, 0.15) is 42.2 Å². The molecule has 1 aromatic carbocycles. The van der Waals surface area contributed by atoms with Gasteiger partial charge >= 0.3 is 0 Å². The van der Waals surface area contributed by atoms with E-state index in [1.807, 2.05) is 20.8 Å². The summed E-state index contributed by atoms with van der Waals surface area (Å²) >= 11 is 0. The lowest BCUT2D eigenvalue weighted by molar-refractivity contribution is -0.142. The molecular weight excluding hydrogens is 777 g/mol. The van der Waals surface area contributed by atoms with Crippen molar-refractivity contribution in [3.63, 3.8) is 0 Å². The van der Waals surface area contributed by atoms with Crippen molar-refractivity contribution >= 4 is 53.6 Å². The minimum Gasteiger partial charge on any atom is -0.508 e. The van der Waals surface area contributed by atoms with Crippen molar-refractivity contribution in [3.05, 3.63) is 29.8 Å². The number of nitrogens with two attached hydrogens (primary N) is 4. The largest absolute Gasteiger partial charge is 0.508 e.